The molecular formula is C31H36FN5O3. The Bertz CT molecular complexity index is 1380. The normalized spacial score (nSPS) is 15.2. The minimum absolute atomic E-state index is 0.185. The van der Waals surface area contributed by atoms with Crippen molar-refractivity contribution in [2.24, 2.45) is 5.73 Å². The Hall–Kier alpha value is -4.24. The zero-order valence-corrected chi connectivity index (χ0v) is 23.1. The summed E-state index contributed by atoms with van der Waals surface area (Å²) >= 11 is 0. The molecule has 0 spiro atoms. The van der Waals surface area contributed by atoms with Crippen LogP contribution in [0, 0.1) is 5.82 Å². The van der Waals surface area contributed by atoms with Crippen molar-refractivity contribution in [3.63, 3.8) is 0 Å². The number of urea groups is 1. The van der Waals surface area contributed by atoms with Crippen molar-refractivity contribution in [1.82, 2.24) is 20.9 Å². The molecule has 0 bridgehead atoms. The standard InChI is InChI=1S/C31H36FN5O3/c1-4-34-30(40)35-17-22-7-5-6-8-26(22)21-11-9-20(10-12-21)18-37-19-23-13-14-25(32)15-24(23)16-27(28(37)38)36-29(39)31(2,3)33/h5-15,27H,4,16-19,33H2,1-3H3,(H,36,39)(H2,34,35,40)/t27-/m1/s1. The van der Waals surface area contributed by atoms with Gasteiger partial charge in [-0.25, -0.2) is 9.18 Å². The van der Waals surface area contributed by atoms with Crippen molar-refractivity contribution in [1.29, 1.82) is 0 Å². The second-order valence-electron chi connectivity index (χ2n) is 10.6. The van der Waals surface area contributed by atoms with Gasteiger partial charge in [-0.15, -0.1) is 0 Å². The Morgan fingerprint density at radius 2 is 1.75 bits per heavy atom. The summed E-state index contributed by atoms with van der Waals surface area (Å²) in [6, 6.07) is 19.2. The average molecular weight is 546 g/mol. The number of nitrogens with one attached hydrogen (secondary N) is 3. The third-order valence-electron chi connectivity index (χ3n) is 6.89. The van der Waals surface area contributed by atoms with Gasteiger partial charge in [-0.2, -0.15) is 0 Å². The highest BCUT2D eigenvalue weighted by atomic mass is 19.1. The molecule has 0 aromatic heterocycles. The van der Waals surface area contributed by atoms with E-state index in [1.54, 1.807) is 24.8 Å². The Labute approximate surface area is 234 Å². The van der Waals surface area contributed by atoms with Gasteiger partial charge in [0.25, 0.3) is 0 Å². The molecular weight excluding hydrogens is 509 g/mol. The van der Waals surface area contributed by atoms with Gasteiger partial charge in [-0.05, 0) is 66.3 Å². The SMILES string of the molecule is CCNC(=O)NCc1ccccc1-c1ccc(CN2Cc3ccc(F)cc3C[C@@H](NC(=O)C(C)(C)N)C2=O)cc1. The molecule has 0 radical (unpaired) electrons. The third kappa shape index (κ3) is 7.04. The molecule has 0 saturated carbocycles. The summed E-state index contributed by atoms with van der Waals surface area (Å²) in [5.74, 6) is -1.09. The molecule has 5 N–H and O–H groups in total. The van der Waals surface area contributed by atoms with E-state index < -0.39 is 17.5 Å². The Kier molecular flexibility index (Phi) is 8.84. The van der Waals surface area contributed by atoms with E-state index in [1.807, 2.05) is 55.5 Å². The van der Waals surface area contributed by atoms with Gasteiger partial charge in [-0.1, -0.05) is 54.6 Å². The van der Waals surface area contributed by atoms with Gasteiger partial charge in [0, 0.05) is 32.6 Å². The van der Waals surface area contributed by atoms with Gasteiger partial charge in [-0.3, -0.25) is 9.59 Å². The number of halogens is 1. The number of amides is 4. The van der Waals surface area contributed by atoms with Gasteiger partial charge in [0.15, 0.2) is 0 Å². The van der Waals surface area contributed by atoms with Crippen LogP contribution < -0.4 is 21.7 Å². The van der Waals surface area contributed by atoms with Crippen LogP contribution in [0.3, 0.4) is 0 Å². The van der Waals surface area contributed by atoms with Crippen molar-refractivity contribution in [2.45, 2.75) is 58.4 Å². The molecule has 0 aliphatic carbocycles. The van der Waals surface area contributed by atoms with Crippen LogP contribution in [-0.2, 0) is 35.6 Å². The first-order chi connectivity index (χ1) is 19.0. The third-order valence-corrected chi connectivity index (χ3v) is 6.89. The predicted octanol–water partition coefficient (Wildman–Crippen LogP) is 3.62. The lowest BCUT2D eigenvalue weighted by atomic mass is 9.98. The largest absolute Gasteiger partial charge is 0.342 e. The van der Waals surface area contributed by atoms with Gasteiger partial charge in [0.2, 0.25) is 11.8 Å². The molecule has 1 heterocycles. The van der Waals surface area contributed by atoms with E-state index in [-0.39, 0.29) is 24.2 Å². The molecule has 1 aliphatic rings. The zero-order valence-electron chi connectivity index (χ0n) is 23.1. The molecule has 210 valence electrons. The lowest BCUT2D eigenvalue weighted by Gasteiger charge is -2.27. The highest BCUT2D eigenvalue weighted by Crippen LogP contribution is 2.26. The lowest BCUT2D eigenvalue weighted by Crippen LogP contribution is -2.56. The highest BCUT2D eigenvalue weighted by Gasteiger charge is 2.33. The number of fused-ring (bicyclic) bond motifs is 1. The van der Waals surface area contributed by atoms with E-state index >= 15 is 0 Å². The number of nitrogens with zero attached hydrogens (tertiary/aromatic N) is 1. The van der Waals surface area contributed by atoms with Gasteiger partial charge < -0.3 is 26.6 Å². The molecule has 3 aromatic rings. The summed E-state index contributed by atoms with van der Waals surface area (Å²) in [7, 11) is 0. The molecule has 1 aliphatic heterocycles. The monoisotopic (exact) mass is 545 g/mol. The van der Waals surface area contributed by atoms with Crippen molar-refractivity contribution >= 4 is 17.8 Å². The Morgan fingerprint density at radius 1 is 1.02 bits per heavy atom. The molecule has 8 nitrogen and oxygen atoms in total. The van der Waals surface area contributed by atoms with E-state index in [4.69, 9.17) is 5.73 Å². The van der Waals surface area contributed by atoms with Crippen LogP contribution in [0.1, 0.15) is 43.0 Å². The maximum Gasteiger partial charge on any atom is 0.315 e. The first-order valence-electron chi connectivity index (χ1n) is 13.4. The van der Waals surface area contributed by atoms with Gasteiger partial charge in [0.1, 0.15) is 11.9 Å². The summed E-state index contributed by atoms with van der Waals surface area (Å²) in [6.45, 7) is 6.56. The molecule has 4 amide bonds. The Morgan fingerprint density at radius 3 is 2.45 bits per heavy atom. The molecule has 0 saturated heterocycles. The van der Waals surface area contributed by atoms with Crippen molar-refractivity contribution in [3.8, 4) is 11.1 Å². The van der Waals surface area contributed by atoms with Crippen LogP contribution in [0.25, 0.3) is 11.1 Å². The summed E-state index contributed by atoms with van der Waals surface area (Å²) in [4.78, 5) is 39.8. The van der Waals surface area contributed by atoms with Crippen LogP contribution in [-0.4, -0.2) is 40.9 Å². The fourth-order valence-corrected chi connectivity index (χ4v) is 4.71. The quantitative estimate of drug-likeness (QED) is 0.346. The predicted molar refractivity (Wildman–Crippen MR) is 152 cm³/mol. The van der Waals surface area contributed by atoms with Crippen LogP contribution in [0.5, 0.6) is 0 Å². The molecule has 40 heavy (non-hydrogen) atoms. The van der Waals surface area contributed by atoms with E-state index in [2.05, 4.69) is 16.0 Å². The number of nitrogens with two attached hydrogens (primary N) is 1. The first-order valence-corrected chi connectivity index (χ1v) is 13.4. The molecule has 9 heteroatoms. The number of hydrogen-bond acceptors (Lipinski definition) is 4. The topological polar surface area (TPSA) is 117 Å². The van der Waals surface area contributed by atoms with Crippen molar-refractivity contribution < 1.29 is 18.8 Å². The highest BCUT2D eigenvalue weighted by molar-refractivity contribution is 5.92. The maximum atomic E-state index is 14.0. The first kappa shape index (κ1) is 28.8. The lowest BCUT2D eigenvalue weighted by molar-refractivity contribution is -0.138. The molecule has 4 rings (SSSR count). The van der Waals surface area contributed by atoms with Crippen LogP contribution >= 0.6 is 0 Å². The van der Waals surface area contributed by atoms with Gasteiger partial charge in [0.05, 0.1) is 5.54 Å². The van der Waals surface area contributed by atoms with Crippen LogP contribution in [0.15, 0.2) is 66.7 Å². The van der Waals surface area contributed by atoms with E-state index in [9.17, 15) is 18.8 Å². The smallest absolute Gasteiger partial charge is 0.315 e. The molecule has 0 fully saturated rings. The summed E-state index contributed by atoms with van der Waals surface area (Å²) in [6.07, 6.45) is 0.185. The summed E-state index contributed by atoms with van der Waals surface area (Å²) in [5, 5.41) is 8.38. The fourth-order valence-electron chi connectivity index (χ4n) is 4.71. The number of carbonyl (C=O) groups is 3. The fraction of sp³-hybridized carbons (Fsp3) is 0.323. The zero-order chi connectivity index (χ0) is 28.9. The summed E-state index contributed by atoms with van der Waals surface area (Å²) in [5.41, 5.74) is 10.2. The van der Waals surface area contributed by atoms with E-state index in [1.165, 1.54) is 12.1 Å². The molecule has 1 atom stereocenters. The van der Waals surface area contributed by atoms with Crippen molar-refractivity contribution in [3.05, 3.63) is 94.8 Å². The number of carbonyl (C=O) groups excluding carboxylic acids is 3. The molecule has 3 aromatic carbocycles. The maximum absolute atomic E-state index is 14.0. The summed E-state index contributed by atoms with van der Waals surface area (Å²) < 4.78 is 14.0. The minimum Gasteiger partial charge on any atom is -0.342 e. The number of benzene rings is 3. The minimum atomic E-state index is -1.16. The second-order valence-corrected chi connectivity index (χ2v) is 10.6. The number of hydrogen-bond donors (Lipinski definition) is 4. The van der Waals surface area contributed by atoms with Crippen molar-refractivity contribution in [2.75, 3.05) is 6.54 Å². The van der Waals surface area contributed by atoms with Crippen LogP contribution in [0.4, 0.5) is 9.18 Å². The number of rotatable bonds is 8. The Balaban J connectivity index is 1.55. The van der Waals surface area contributed by atoms with Gasteiger partial charge >= 0.3 is 6.03 Å². The van der Waals surface area contributed by atoms with Crippen LogP contribution in [0.2, 0.25) is 0 Å². The van der Waals surface area contributed by atoms with E-state index in [0.717, 1.165) is 27.8 Å². The van der Waals surface area contributed by atoms with E-state index in [0.29, 0.717) is 31.7 Å². The second kappa shape index (κ2) is 12.3. The average Bonchev–Trinajstić information content (AvgIpc) is 3.04. The molecule has 0 unspecified atom stereocenters.